The zero-order valence-electron chi connectivity index (χ0n) is 28.0. The molecule has 10 rings (SSSR count). The molecule has 3 nitrogen and oxygen atoms in total. The lowest BCUT2D eigenvalue weighted by Gasteiger charge is -2.16. The van der Waals surface area contributed by atoms with Crippen LogP contribution < -0.4 is 0 Å². The van der Waals surface area contributed by atoms with Crippen molar-refractivity contribution in [2.24, 2.45) is 0 Å². The van der Waals surface area contributed by atoms with Crippen LogP contribution in [0.5, 0.6) is 0 Å². The first-order chi connectivity index (χ1) is 25.7. The van der Waals surface area contributed by atoms with Gasteiger partial charge in [0.15, 0.2) is 5.82 Å². The lowest BCUT2D eigenvalue weighted by Crippen LogP contribution is -1.97. The van der Waals surface area contributed by atoms with Crippen LogP contribution in [0.25, 0.3) is 90.2 Å². The standard InChI is InChI=1S/C48H30N2OS/c1-3-14-33(15-4-1)42-30-43(34-16-5-2-6-17-34)50-48(49-42)35-26-25-32-24-23-31-13-7-8-18-36(31)38-20-10-12-22-46(38)52-47-29-40-37-19-9-11-21-44(37)51-45(40)28-41(47)39(32)27-35/h1-30H/b24-23-. The van der Waals surface area contributed by atoms with Gasteiger partial charge < -0.3 is 4.42 Å². The largest absolute Gasteiger partial charge is 0.456 e. The van der Waals surface area contributed by atoms with Crippen LogP contribution in [0, 0.1) is 0 Å². The molecular formula is C48H30N2OS. The Bertz CT molecular complexity index is 2760. The van der Waals surface area contributed by atoms with Crippen LogP contribution in [-0.2, 0) is 0 Å². The third-order valence-electron chi connectivity index (χ3n) is 9.75. The molecule has 0 fully saturated rings. The van der Waals surface area contributed by atoms with E-state index in [0.29, 0.717) is 5.82 Å². The fourth-order valence-corrected chi connectivity index (χ4v) is 8.30. The topological polar surface area (TPSA) is 38.9 Å². The third-order valence-corrected chi connectivity index (χ3v) is 10.9. The quantitative estimate of drug-likeness (QED) is 0.186. The summed E-state index contributed by atoms with van der Waals surface area (Å²) in [5, 5.41) is 2.22. The summed E-state index contributed by atoms with van der Waals surface area (Å²) in [6.07, 6.45) is 4.47. The predicted molar refractivity (Wildman–Crippen MR) is 216 cm³/mol. The van der Waals surface area contributed by atoms with Crippen LogP contribution in [0.15, 0.2) is 184 Å². The highest BCUT2D eigenvalue weighted by Crippen LogP contribution is 2.46. The van der Waals surface area contributed by atoms with E-state index in [2.05, 4.69) is 158 Å². The van der Waals surface area contributed by atoms with E-state index in [-0.39, 0.29) is 0 Å². The molecule has 9 aromatic rings. The molecule has 244 valence electrons. The van der Waals surface area contributed by atoms with E-state index < -0.39 is 0 Å². The molecule has 0 amide bonds. The molecule has 0 bridgehead atoms. The molecule has 3 heterocycles. The van der Waals surface area contributed by atoms with Crippen molar-refractivity contribution in [3.8, 4) is 56.2 Å². The van der Waals surface area contributed by atoms with Gasteiger partial charge in [-0.1, -0.05) is 157 Å². The van der Waals surface area contributed by atoms with Gasteiger partial charge in [0.05, 0.1) is 11.4 Å². The van der Waals surface area contributed by atoms with E-state index >= 15 is 0 Å². The smallest absolute Gasteiger partial charge is 0.160 e. The number of aromatic nitrogens is 2. The summed E-state index contributed by atoms with van der Waals surface area (Å²) in [6.45, 7) is 0. The maximum Gasteiger partial charge on any atom is 0.160 e. The lowest BCUT2D eigenvalue weighted by molar-refractivity contribution is 0.669. The van der Waals surface area contributed by atoms with E-state index in [1.165, 1.54) is 21.6 Å². The Labute approximate surface area is 306 Å². The second kappa shape index (κ2) is 12.7. The molecule has 1 aliphatic rings. The van der Waals surface area contributed by atoms with Crippen molar-refractivity contribution < 1.29 is 4.42 Å². The number of hydrogen-bond acceptors (Lipinski definition) is 4. The first-order valence-corrected chi connectivity index (χ1v) is 18.2. The molecule has 4 heteroatoms. The molecule has 7 aromatic carbocycles. The highest BCUT2D eigenvalue weighted by Gasteiger charge is 2.20. The van der Waals surface area contributed by atoms with Crippen molar-refractivity contribution in [1.29, 1.82) is 0 Å². The second-order valence-electron chi connectivity index (χ2n) is 13.0. The van der Waals surface area contributed by atoms with Gasteiger partial charge in [0.1, 0.15) is 11.2 Å². The van der Waals surface area contributed by atoms with Crippen LogP contribution in [0.3, 0.4) is 0 Å². The van der Waals surface area contributed by atoms with Crippen LogP contribution in [0.2, 0.25) is 0 Å². The average Bonchev–Trinajstić information content (AvgIpc) is 3.57. The Morgan fingerprint density at radius 1 is 0.385 bits per heavy atom. The highest BCUT2D eigenvalue weighted by atomic mass is 32.2. The maximum absolute atomic E-state index is 6.50. The van der Waals surface area contributed by atoms with Crippen molar-refractivity contribution >= 4 is 45.9 Å². The summed E-state index contributed by atoms with van der Waals surface area (Å²) in [6, 6.07) is 59.5. The first-order valence-electron chi connectivity index (χ1n) is 17.4. The van der Waals surface area contributed by atoms with Crippen molar-refractivity contribution in [1.82, 2.24) is 9.97 Å². The molecule has 0 spiro atoms. The number of para-hydroxylation sites is 1. The van der Waals surface area contributed by atoms with Crippen LogP contribution >= 0.6 is 11.8 Å². The molecular weight excluding hydrogens is 653 g/mol. The van der Waals surface area contributed by atoms with Gasteiger partial charge in [-0.05, 0) is 69.8 Å². The normalized spacial score (nSPS) is 12.7. The van der Waals surface area contributed by atoms with Crippen molar-refractivity contribution in [2.75, 3.05) is 0 Å². The lowest BCUT2D eigenvalue weighted by atomic mass is 9.94. The monoisotopic (exact) mass is 682 g/mol. The SMILES string of the molecule is C1=C\c2ccc(-c3nc(-c4ccccc4)cc(-c4ccccc4)n3)cc2-c2cc3oc4ccccc4c3cc2Sc2ccccc2-c2ccccc2/1. The summed E-state index contributed by atoms with van der Waals surface area (Å²) < 4.78 is 6.50. The Morgan fingerprint density at radius 2 is 1.02 bits per heavy atom. The minimum atomic E-state index is 0.677. The molecule has 0 aliphatic carbocycles. The highest BCUT2D eigenvalue weighted by molar-refractivity contribution is 7.99. The second-order valence-corrected chi connectivity index (χ2v) is 14.0. The zero-order chi connectivity index (χ0) is 34.4. The summed E-state index contributed by atoms with van der Waals surface area (Å²) in [7, 11) is 0. The third kappa shape index (κ3) is 5.41. The zero-order valence-corrected chi connectivity index (χ0v) is 28.8. The molecule has 0 N–H and O–H groups in total. The fraction of sp³-hybridized carbons (Fsp3) is 0. The van der Waals surface area contributed by atoms with Gasteiger partial charge in [-0.3, -0.25) is 0 Å². The Balaban J connectivity index is 1.24. The Kier molecular flexibility index (Phi) is 7.40. The van der Waals surface area contributed by atoms with Gasteiger partial charge in [-0.2, -0.15) is 0 Å². The summed E-state index contributed by atoms with van der Waals surface area (Å²) in [5.74, 6) is 0.677. The van der Waals surface area contributed by atoms with Gasteiger partial charge in [-0.25, -0.2) is 9.97 Å². The molecule has 0 atom stereocenters. The van der Waals surface area contributed by atoms with Crippen molar-refractivity contribution in [3.05, 3.63) is 181 Å². The van der Waals surface area contributed by atoms with Gasteiger partial charge in [0.25, 0.3) is 0 Å². The number of nitrogens with zero attached hydrogens (tertiary/aromatic N) is 2. The van der Waals surface area contributed by atoms with Gasteiger partial charge >= 0.3 is 0 Å². The summed E-state index contributed by atoms with van der Waals surface area (Å²) in [5.41, 5.74) is 13.4. The van der Waals surface area contributed by atoms with E-state index in [4.69, 9.17) is 14.4 Å². The maximum atomic E-state index is 6.50. The number of hydrogen-bond donors (Lipinski definition) is 0. The van der Waals surface area contributed by atoms with E-state index in [0.717, 1.165) is 71.6 Å². The minimum Gasteiger partial charge on any atom is -0.456 e. The number of rotatable bonds is 3. The molecule has 0 saturated carbocycles. The van der Waals surface area contributed by atoms with E-state index in [9.17, 15) is 0 Å². The Hall–Kier alpha value is -6.49. The molecule has 52 heavy (non-hydrogen) atoms. The van der Waals surface area contributed by atoms with Crippen molar-refractivity contribution in [3.63, 3.8) is 0 Å². The fourth-order valence-electron chi connectivity index (χ4n) is 7.17. The van der Waals surface area contributed by atoms with Crippen LogP contribution in [0.4, 0.5) is 0 Å². The number of furan rings is 1. The average molecular weight is 683 g/mol. The van der Waals surface area contributed by atoms with Crippen LogP contribution in [0.1, 0.15) is 11.1 Å². The van der Waals surface area contributed by atoms with E-state index in [1.54, 1.807) is 11.8 Å². The number of benzene rings is 7. The molecule has 1 aliphatic heterocycles. The molecule has 0 radical (unpaired) electrons. The first kappa shape index (κ1) is 30.3. The van der Waals surface area contributed by atoms with E-state index in [1.807, 2.05) is 24.3 Å². The molecule has 0 unspecified atom stereocenters. The summed E-state index contributed by atoms with van der Waals surface area (Å²) in [4.78, 5) is 12.7. The summed E-state index contributed by atoms with van der Waals surface area (Å²) >= 11 is 1.80. The van der Waals surface area contributed by atoms with Crippen LogP contribution in [-0.4, -0.2) is 9.97 Å². The van der Waals surface area contributed by atoms with Crippen molar-refractivity contribution in [2.45, 2.75) is 9.79 Å². The number of fused-ring (bicyclic) bond motifs is 9. The van der Waals surface area contributed by atoms with Gasteiger partial charge in [-0.15, -0.1) is 0 Å². The molecule has 2 aromatic heterocycles. The van der Waals surface area contributed by atoms with Gasteiger partial charge in [0, 0.05) is 37.3 Å². The predicted octanol–water partition coefficient (Wildman–Crippen LogP) is 13.3. The molecule has 0 saturated heterocycles. The van der Waals surface area contributed by atoms with Gasteiger partial charge in [0.2, 0.25) is 0 Å². The Morgan fingerprint density at radius 3 is 1.79 bits per heavy atom. The minimum absolute atomic E-state index is 0.677.